The molecule has 0 aliphatic heterocycles. The molecule has 1 unspecified atom stereocenters. The van der Waals surface area contributed by atoms with Gasteiger partial charge in [0.05, 0.1) is 0 Å². The number of ether oxygens (including phenoxy) is 3. The second-order valence-electron chi connectivity index (χ2n) is 15.7. The van der Waals surface area contributed by atoms with Gasteiger partial charge in [0.25, 0.3) is 0 Å². The van der Waals surface area contributed by atoms with Crippen LogP contribution in [0.1, 0.15) is 201 Å². The number of carbonyl (C=O) groups excluding carboxylic acids is 3. The lowest BCUT2D eigenvalue weighted by atomic mass is 10.1. The molecule has 6 nitrogen and oxygen atoms in total. The van der Waals surface area contributed by atoms with Gasteiger partial charge in [-0.2, -0.15) is 0 Å². The molecule has 61 heavy (non-hydrogen) atoms. The molecule has 0 saturated heterocycles. The van der Waals surface area contributed by atoms with Crippen LogP contribution in [0.2, 0.25) is 0 Å². The number of allylic oxidation sites excluding steroid dienone is 18. The molecule has 0 amide bonds. The summed E-state index contributed by atoms with van der Waals surface area (Å²) >= 11 is 0. The molecule has 0 N–H and O–H groups in total. The Labute approximate surface area is 374 Å². The van der Waals surface area contributed by atoms with Gasteiger partial charge in [-0.15, -0.1) is 0 Å². The van der Waals surface area contributed by atoms with E-state index in [1.54, 1.807) is 0 Å². The topological polar surface area (TPSA) is 78.9 Å². The third-order valence-corrected chi connectivity index (χ3v) is 9.84. The zero-order chi connectivity index (χ0) is 44.4. The summed E-state index contributed by atoms with van der Waals surface area (Å²) in [6, 6.07) is 0. The van der Waals surface area contributed by atoms with E-state index in [9.17, 15) is 14.4 Å². The van der Waals surface area contributed by atoms with Crippen LogP contribution in [0.15, 0.2) is 109 Å². The van der Waals surface area contributed by atoms with Gasteiger partial charge in [0, 0.05) is 19.3 Å². The molecule has 344 valence electrons. The van der Waals surface area contributed by atoms with E-state index in [4.69, 9.17) is 14.2 Å². The quantitative estimate of drug-likeness (QED) is 0.0200. The van der Waals surface area contributed by atoms with Crippen molar-refractivity contribution < 1.29 is 28.6 Å². The molecule has 6 heteroatoms. The predicted octanol–water partition coefficient (Wildman–Crippen LogP) is 16.0. The van der Waals surface area contributed by atoms with Crippen molar-refractivity contribution in [1.82, 2.24) is 0 Å². The van der Waals surface area contributed by atoms with Gasteiger partial charge in [-0.25, -0.2) is 0 Å². The summed E-state index contributed by atoms with van der Waals surface area (Å²) in [6.45, 7) is 6.28. The van der Waals surface area contributed by atoms with Gasteiger partial charge in [-0.05, 0) is 103 Å². The summed E-state index contributed by atoms with van der Waals surface area (Å²) in [7, 11) is 0. The van der Waals surface area contributed by atoms with Crippen molar-refractivity contribution in [3.63, 3.8) is 0 Å². The highest BCUT2D eigenvalue weighted by Gasteiger charge is 2.19. The van der Waals surface area contributed by atoms with E-state index in [1.807, 2.05) is 24.3 Å². The molecule has 0 aromatic rings. The standard InChI is InChI=1S/C55H88O6/c1-4-7-10-13-16-19-22-25-27-29-30-33-36-39-42-45-48-54(57)60-51-52(50-59-53(56)47-44-41-38-35-32-24-21-18-15-12-9-6-3)61-55(58)49-46-43-40-37-34-31-28-26-23-20-17-14-11-8-5-2/h7-8,10-11,14,16-21,23,25-28,30,33,52H,4-6,9,12-13,15,22,24,29,31-32,34-51H2,1-3H3/b10-7-,11-8-,17-14-,19-16-,21-18-,23-20-,27-25-,28-26-,33-30-. The number of esters is 3. The summed E-state index contributed by atoms with van der Waals surface area (Å²) in [4.78, 5) is 37.9. The molecule has 0 rings (SSSR count). The Morgan fingerprint density at radius 2 is 0.721 bits per heavy atom. The van der Waals surface area contributed by atoms with Crippen LogP contribution >= 0.6 is 0 Å². The Bertz CT molecular complexity index is 1290. The molecular weight excluding hydrogens is 757 g/mol. The fraction of sp³-hybridized carbons (Fsp3) is 0.618. The minimum absolute atomic E-state index is 0.105. The maximum absolute atomic E-state index is 12.8. The molecule has 0 heterocycles. The van der Waals surface area contributed by atoms with Crippen LogP contribution in [-0.4, -0.2) is 37.2 Å². The second-order valence-corrected chi connectivity index (χ2v) is 15.7. The lowest BCUT2D eigenvalue weighted by Crippen LogP contribution is -2.30. The third-order valence-electron chi connectivity index (χ3n) is 9.84. The van der Waals surface area contributed by atoms with Gasteiger partial charge in [0.1, 0.15) is 13.2 Å². The molecule has 0 spiro atoms. The maximum atomic E-state index is 12.8. The van der Waals surface area contributed by atoms with Crippen LogP contribution in [0, 0.1) is 0 Å². The summed E-state index contributed by atoms with van der Waals surface area (Å²) in [6.07, 6.45) is 64.9. The fourth-order valence-corrected chi connectivity index (χ4v) is 6.20. The SMILES string of the molecule is CC\C=C/C=C\C=C/C=C\CCCCCCCC(=O)OC(COC(=O)CCCCC/C=C\C/C=C\C/C=C\C/C=C\CC)COC(=O)CCCCCCC/C=C\CCCCC. The third kappa shape index (κ3) is 47.0. The zero-order valence-electron chi connectivity index (χ0n) is 39.1. The molecule has 0 bridgehead atoms. The highest BCUT2D eigenvalue weighted by Crippen LogP contribution is 2.12. The van der Waals surface area contributed by atoms with Gasteiger partial charge in [-0.3, -0.25) is 14.4 Å². The van der Waals surface area contributed by atoms with Crippen LogP contribution in [0.25, 0.3) is 0 Å². The van der Waals surface area contributed by atoms with Crippen molar-refractivity contribution in [2.24, 2.45) is 0 Å². The smallest absolute Gasteiger partial charge is 0.306 e. The van der Waals surface area contributed by atoms with Gasteiger partial charge >= 0.3 is 17.9 Å². The summed E-state index contributed by atoms with van der Waals surface area (Å²) in [5, 5.41) is 0. The van der Waals surface area contributed by atoms with Crippen molar-refractivity contribution >= 4 is 17.9 Å². The van der Waals surface area contributed by atoms with Gasteiger partial charge in [0.15, 0.2) is 6.10 Å². The summed E-state index contributed by atoms with van der Waals surface area (Å²) < 4.78 is 16.7. The molecule has 0 aromatic heterocycles. The summed E-state index contributed by atoms with van der Waals surface area (Å²) in [5.74, 6) is -0.978. The van der Waals surface area contributed by atoms with Crippen molar-refractivity contribution in [3.8, 4) is 0 Å². The first-order valence-electron chi connectivity index (χ1n) is 24.4. The highest BCUT2D eigenvalue weighted by molar-refractivity contribution is 5.71. The molecule has 0 aromatic carbocycles. The number of unbranched alkanes of at least 4 members (excludes halogenated alkanes) is 16. The lowest BCUT2D eigenvalue weighted by Gasteiger charge is -2.18. The normalized spacial score (nSPS) is 13.0. The van der Waals surface area contributed by atoms with E-state index in [0.717, 1.165) is 128 Å². The van der Waals surface area contributed by atoms with Crippen molar-refractivity contribution in [1.29, 1.82) is 0 Å². The predicted molar refractivity (Wildman–Crippen MR) is 260 cm³/mol. The van der Waals surface area contributed by atoms with Crippen molar-refractivity contribution in [3.05, 3.63) is 109 Å². The minimum atomic E-state index is -0.808. The lowest BCUT2D eigenvalue weighted by molar-refractivity contribution is -0.167. The maximum Gasteiger partial charge on any atom is 0.306 e. The molecule has 0 aliphatic carbocycles. The van der Waals surface area contributed by atoms with Gasteiger partial charge in [-0.1, -0.05) is 188 Å². The highest BCUT2D eigenvalue weighted by atomic mass is 16.6. The first-order valence-corrected chi connectivity index (χ1v) is 24.4. The zero-order valence-corrected chi connectivity index (χ0v) is 39.1. The molecule has 0 fully saturated rings. The van der Waals surface area contributed by atoms with Gasteiger partial charge in [0.2, 0.25) is 0 Å². The van der Waals surface area contributed by atoms with Crippen LogP contribution < -0.4 is 0 Å². The fourth-order valence-electron chi connectivity index (χ4n) is 6.20. The first kappa shape index (κ1) is 57.1. The number of hydrogen-bond acceptors (Lipinski definition) is 6. The monoisotopic (exact) mass is 845 g/mol. The largest absolute Gasteiger partial charge is 0.462 e. The van der Waals surface area contributed by atoms with Crippen molar-refractivity contribution in [2.45, 2.75) is 207 Å². The van der Waals surface area contributed by atoms with E-state index in [0.29, 0.717) is 12.8 Å². The van der Waals surface area contributed by atoms with Crippen LogP contribution in [0.5, 0.6) is 0 Å². The average molecular weight is 845 g/mol. The Hall–Kier alpha value is -3.93. The Kier molecular flexibility index (Phi) is 45.6. The molecule has 0 radical (unpaired) electrons. The number of rotatable bonds is 42. The van der Waals surface area contributed by atoms with E-state index < -0.39 is 6.10 Å². The number of hydrogen-bond donors (Lipinski definition) is 0. The van der Waals surface area contributed by atoms with Gasteiger partial charge < -0.3 is 14.2 Å². The van der Waals surface area contributed by atoms with E-state index in [2.05, 4.69) is 106 Å². The second kappa shape index (κ2) is 48.7. The first-order chi connectivity index (χ1) is 30.0. The summed E-state index contributed by atoms with van der Waals surface area (Å²) in [5.41, 5.74) is 0. The van der Waals surface area contributed by atoms with Crippen LogP contribution in [0.3, 0.4) is 0 Å². The molecule has 1 atom stereocenters. The van der Waals surface area contributed by atoms with E-state index in [-0.39, 0.29) is 37.5 Å². The minimum Gasteiger partial charge on any atom is -0.462 e. The molecular formula is C55H88O6. The molecule has 0 saturated carbocycles. The van der Waals surface area contributed by atoms with E-state index in [1.165, 1.54) is 32.1 Å². The Balaban J connectivity index is 4.52. The van der Waals surface area contributed by atoms with E-state index >= 15 is 0 Å². The van der Waals surface area contributed by atoms with Crippen LogP contribution in [0.4, 0.5) is 0 Å². The Morgan fingerprint density at radius 1 is 0.361 bits per heavy atom. The number of carbonyl (C=O) groups is 3. The van der Waals surface area contributed by atoms with Crippen molar-refractivity contribution in [2.75, 3.05) is 13.2 Å². The average Bonchev–Trinajstić information content (AvgIpc) is 3.26. The van der Waals surface area contributed by atoms with Crippen LogP contribution in [-0.2, 0) is 28.6 Å². The Morgan fingerprint density at radius 3 is 1.23 bits per heavy atom. The molecule has 0 aliphatic rings.